The van der Waals surface area contributed by atoms with Crippen molar-refractivity contribution in [1.82, 2.24) is 9.47 Å². The summed E-state index contributed by atoms with van der Waals surface area (Å²) in [5, 5.41) is 31.9. The van der Waals surface area contributed by atoms with Gasteiger partial charge in [-0.05, 0) is 42.7 Å². The Bertz CT molecular complexity index is 1750. The molecule has 5 rings (SSSR count). The van der Waals surface area contributed by atoms with Gasteiger partial charge in [0.2, 0.25) is 5.60 Å². The molecule has 244 valence electrons. The number of hydrogen-bond donors (Lipinski definition) is 2. The van der Waals surface area contributed by atoms with Crippen molar-refractivity contribution in [3.8, 4) is 11.5 Å². The van der Waals surface area contributed by atoms with Gasteiger partial charge in [0.05, 0.1) is 30.5 Å². The molecule has 3 aromatic carbocycles. The highest BCUT2D eigenvalue weighted by atomic mass is 19.4. The number of carbonyl (C=O) groups is 1. The zero-order chi connectivity index (χ0) is 33.2. The Morgan fingerprint density at radius 2 is 1.78 bits per heavy atom. The average Bonchev–Trinajstić information content (AvgIpc) is 3.37. The van der Waals surface area contributed by atoms with E-state index in [4.69, 9.17) is 14.6 Å². The van der Waals surface area contributed by atoms with Crippen molar-refractivity contribution < 1.29 is 47.0 Å². The number of nitro benzene ring substituents is 1. The fourth-order valence-electron chi connectivity index (χ4n) is 5.77. The van der Waals surface area contributed by atoms with Gasteiger partial charge < -0.3 is 24.3 Å². The molecule has 0 bridgehead atoms. The Kier molecular flexibility index (Phi) is 9.22. The zero-order valence-electron chi connectivity index (χ0n) is 24.7. The number of rotatable bonds is 11. The number of likely N-dealkylation sites (tertiary alicyclic amines) is 1. The van der Waals surface area contributed by atoms with Crippen molar-refractivity contribution in [2.75, 3.05) is 26.7 Å². The van der Waals surface area contributed by atoms with Crippen LogP contribution in [0.4, 0.5) is 23.2 Å². The quantitative estimate of drug-likeness (QED) is 0.122. The number of aliphatic hydroxyl groups is 1. The van der Waals surface area contributed by atoms with Gasteiger partial charge in [-0.2, -0.15) is 13.2 Å². The molecule has 2 heterocycles. The number of alkyl halides is 3. The number of β-amino-alcohol motifs (C(OH)–C–C–N with tert-alkyl or cyclic N) is 1. The maximum absolute atomic E-state index is 14.8. The molecule has 10 nitrogen and oxygen atoms in total. The lowest BCUT2D eigenvalue weighted by atomic mass is 9.91. The van der Waals surface area contributed by atoms with Crippen LogP contribution in [0.2, 0.25) is 0 Å². The van der Waals surface area contributed by atoms with E-state index < -0.39 is 40.6 Å². The van der Waals surface area contributed by atoms with Crippen LogP contribution in [0.25, 0.3) is 10.9 Å². The summed E-state index contributed by atoms with van der Waals surface area (Å²) in [7, 11) is 1.42. The summed E-state index contributed by atoms with van der Waals surface area (Å²) in [6.45, 7) is -0.725. The number of nitrogens with zero attached hydrogens (tertiary/aromatic N) is 3. The summed E-state index contributed by atoms with van der Waals surface area (Å²) in [4.78, 5) is 23.3. The Balaban J connectivity index is 1.39. The van der Waals surface area contributed by atoms with Gasteiger partial charge in [0.15, 0.2) is 11.5 Å². The summed E-state index contributed by atoms with van der Waals surface area (Å²) in [6.07, 6.45) is -3.97. The van der Waals surface area contributed by atoms with Gasteiger partial charge in [-0.1, -0.05) is 24.3 Å². The fourth-order valence-corrected chi connectivity index (χ4v) is 5.77. The predicted octanol–water partition coefficient (Wildman–Crippen LogP) is 5.67. The van der Waals surface area contributed by atoms with Crippen molar-refractivity contribution in [2.24, 2.45) is 0 Å². The van der Waals surface area contributed by atoms with Crippen LogP contribution >= 0.6 is 0 Å². The second-order valence-corrected chi connectivity index (χ2v) is 11.2. The van der Waals surface area contributed by atoms with Crippen molar-refractivity contribution in [3.63, 3.8) is 0 Å². The summed E-state index contributed by atoms with van der Waals surface area (Å²) in [5.74, 6) is -0.891. The van der Waals surface area contributed by atoms with Crippen LogP contribution in [0, 0.1) is 15.9 Å². The number of aromatic nitrogens is 1. The number of halogens is 4. The third kappa shape index (κ3) is 6.77. The molecule has 1 aliphatic heterocycles. The van der Waals surface area contributed by atoms with Crippen LogP contribution in [-0.4, -0.2) is 69.6 Å². The number of benzene rings is 3. The third-order valence-corrected chi connectivity index (χ3v) is 8.15. The number of hydrogen-bond acceptors (Lipinski definition) is 7. The normalized spacial score (nSPS) is 15.9. The number of aliphatic carboxylic acids is 1. The lowest BCUT2D eigenvalue weighted by Crippen LogP contribution is -2.53. The molecule has 2 N–H and O–H groups in total. The minimum atomic E-state index is -5.13. The number of carboxylic acids is 1. The molecule has 0 radical (unpaired) electrons. The molecule has 1 aliphatic rings. The molecule has 4 aromatic rings. The maximum Gasteiger partial charge on any atom is 0.422 e. The Morgan fingerprint density at radius 3 is 2.41 bits per heavy atom. The number of nitro groups is 1. The van der Waals surface area contributed by atoms with Crippen LogP contribution in [-0.2, 0) is 23.4 Å². The maximum atomic E-state index is 14.8. The molecular formula is C32H31F4N3O7. The standard InChI is InChI=1S/C32H31F4N3O7/c1-45-29-14-20(15-30(40)41)6-9-28(29)46-23-10-12-37(13-11-23)19-31(42,32(34,35)36)25-18-38(17-21-4-2-3-5-26(21)33)27-16-22(39(43)44)7-8-24(25)27/h2-9,14,16,18,23,42H,10-13,15,17,19H2,1H3,(H,40,41). The second-order valence-electron chi connectivity index (χ2n) is 11.2. The van der Waals surface area contributed by atoms with E-state index in [0.717, 1.165) is 18.3 Å². The number of non-ortho nitro benzene ring substituents is 1. The van der Waals surface area contributed by atoms with Crippen LogP contribution in [0.3, 0.4) is 0 Å². The van der Waals surface area contributed by atoms with E-state index in [0.29, 0.717) is 29.9 Å². The molecular weight excluding hydrogens is 614 g/mol. The molecule has 46 heavy (non-hydrogen) atoms. The van der Waals surface area contributed by atoms with Crippen molar-refractivity contribution in [2.45, 2.75) is 43.7 Å². The molecule has 1 fully saturated rings. The smallest absolute Gasteiger partial charge is 0.422 e. The molecule has 14 heteroatoms. The molecule has 0 amide bonds. The van der Waals surface area contributed by atoms with Gasteiger partial charge in [0.1, 0.15) is 11.9 Å². The van der Waals surface area contributed by atoms with E-state index in [1.54, 1.807) is 24.3 Å². The van der Waals surface area contributed by atoms with Crippen molar-refractivity contribution in [3.05, 3.63) is 99.5 Å². The predicted molar refractivity (Wildman–Crippen MR) is 158 cm³/mol. The number of methoxy groups -OCH3 is 1. The minimum absolute atomic E-state index is 0.0431. The van der Waals surface area contributed by atoms with E-state index in [1.807, 2.05) is 0 Å². The van der Waals surface area contributed by atoms with E-state index in [-0.39, 0.29) is 54.3 Å². The van der Waals surface area contributed by atoms with E-state index in [1.165, 1.54) is 40.8 Å². The molecule has 0 spiro atoms. The van der Waals surface area contributed by atoms with Crippen LogP contribution < -0.4 is 9.47 Å². The molecule has 1 unspecified atom stereocenters. The number of piperidine rings is 1. The van der Waals surface area contributed by atoms with Crippen LogP contribution in [0.15, 0.2) is 66.9 Å². The molecule has 1 saturated heterocycles. The summed E-state index contributed by atoms with van der Waals surface area (Å²) < 4.78 is 71.6. The van der Waals surface area contributed by atoms with Crippen LogP contribution in [0.1, 0.15) is 29.5 Å². The van der Waals surface area contributed by atoms with Crippen molar-refractivity contribution >= 4 is 22.6 Å². The van der Waals surface area contributed by atoms with Gasteiger partial charge in [-0.25, -0.2) is 4.39 Å². The molecule has 1 atom stereocenters. The molecule has 0 saturated carbocycles. The van der Waals surface area contributed by atoms with E-state index in [2.05, 4.69) is 0 Å². The Morgan fingerprint density at radius 1 is 1.07 bits per heavy atom. The number of ether oxygens (including phenoxy) is 2. The van der Waals surface area contributed by atoms with E-state index in [9.17, 15) is 37.6 Å². The first-order valence-corrected chi connectivity index (χ1v) is 14.4. The summed E-state index contributed by atoms with van der Waals surface area (Å²) in [5.41, 5.74) is -3.50. The topological polar surface area (TPSA) is 127 Å². The largest absolute Gasteiger partial charge is 0.493 e. The van der Waals surface area contributed by atoms with Gasteiger partial charge in [-0.3, -0.25) is 19.8 Å². The fraction of sp³-hybridized carbons (Fsp3) is 0.344. The van der Waals surface area contributed by atoms with Gasteiger partial charge in [0.25, 0.3) is 5.69 Å². The minimum Gasteiger partial charge on any atom is -0.493 e. The second kappa shape index (κ2) is 13.0. The zero-order valence-corrected chi connectivity index (χ0v) is 24.7. The highest BCUT2D eigenvalue weighted by Crippen LogP contribution is 2.44. The Labute approximate surface area is 260 Å². The molecule has 0 aliphatic carbocycles. The summed E-state index contributed by atoms with van der Waals surface area (Å²) in [6, 6.07) is 13.8. The van der Waals surface area contributed by atoms with Gasteiger partial charge >= 0.3 is 12.1 Å². The number of fused-ring (bicyclic) bond motifs is 1. The Hall–Kier alpha value is -4.69. The van der Waals surface area contributed by atoms with Gasteiger partial charge in [-0.15, -0.1) is 0 Å². The van der Waals surface area contributed by atoms with E-state index >= 15 is 0 Å². The van der Waals surface area contributed by atoms with Crippen molar-refractivity contribution in [1.29, 1.82) is 0 Å². The third-order valence-electron chi connectivity index (χ3n) is 8.15. The first-order chi connectivity index (χ1) is 21.8. The summed E-state index contributed by atoms with van der Waals surface area (Å²) >= 11 is 0. The lowest BCUT2D eigenvalue weighted by Gasteiger charge is -2.39. The first kappa shape index (κ1) is 32.7. The van der Waals surface area contributed by atoms with Gasteiger partial charge in [0, 0.05) is 54.5 Å². The highest BCUT2D eigenvalue weighted by Gasteiger charge is 2.57. The number of carboxylic acid groups (broad SMARTS) is 1. The SMILES string of the molecule is COc1cc(CC(=O)O)ccc1OC1CCN(CC(O)(c2cn(Cc3ccccc3F)c3cc([N+](=O)[O-])ccc23)C(F)(F)F)CC1. The van der Waals surface area contributed by atoms with Crippen LogP contribution in [0.5, 0.6) is 11.5 Å². The monoisotopic (exact) mass is 645 g/mol. The highest BCUT2D eigenvalue weighted by molar-refractivity contribution is 5.87. The lowest BCUT2D eigenvalue weighted by molar-refractivity contribution is -0.384. The average molecular weight is 646 g/mol. The first-order valence-electron chi connectivity index (χ1n) is 14.4. The molecule has 1 aromatic heterocycles.